The van der Waals surface area contributed by atoms with Crippen molar-refractivity contribution in [2.45, 2.75) is 26.6 Å². The summed E-state index contributed by atoms with van der Waals surface area (Å²) < 4.78 is 20.0. The van der Waals surface area contributed by atoms with Crippen molar-refractivity contribution in [3.63, 3.8) is 0 Å². The molecule has 3 heterocycles. The Bertz CT molecular complexity index is 1010. The van der Waals surface area contributed by atoms with E-state index in [9.17, 15) is 9.18 Å². The number of aryl methyl sites for hydroxylation is 1. The predicted octanol–water partition coefficient (Wildman–Crippen LogP) is 4.09. The van der Waals surface area contributed by atoms with Gasteiger partial charge in [0.05, 0.1) is 11.5 Å². The number of nitrogens with zero attached hydrogens (tertiary/aromatic N) is 3. The maximum atomic E-state index is 14.5. The summed E-state index contributed by atoms with van der Waals surface area (Å²) in [6.45, 7) is 9.64. The van der Waals surface area contributed by atoms with Crippen molar-refractivity contribution in [2.75, 3.05) is 33.2 Å². The van der Waals surface area contributed by atoms with E-state index in [0.717, 1.165) is 37.8 Å². The molecule has 2 aliphatic rings. The third-order valence-corrected chi connectivity index (χ3v) is 6.77. The molecule has 4 rings (SSSR count). The molecule has 1 aromatic carbocycles. The Hall–Kier alpha value is -2.50. The average Bonchev–Trinajstić information content (AvgIpc) is 3.17. The van der Waals surface area contributed by atoms with Gasteiger partial charge in [-0.2, -0.15) is 0 Å². The lowest BCUT2D eigenvalue weighted by Gasteiger charge is -2.35. The van der Waals surface area contributed by atoms with Crippen LogP contribution in [0.15, 0.2) is 46.7 Å². The zero-order chi connectivity index (χ0) is 22.4. The lowest BCUT2D eigenvalue weighted by Crippen LogP contribution is -2.43. The van der Waals surface area contributed by atoms with E-state index in [1.807, 2.05) is 20.9 Å². The summed E-state index contributed by atoms with van der Waals surface area (Å²) in [5.41, 5.74) is 2.46. The highest BCUT2D eigenvalue weighted by Gasteiger charge is 2.21. The second-order valence-electron chi connectivity index (χ2n) is 7.16. The van der Waals surface area contributed by atoms with Gasteiger partial charge in [0.2, 0.25) is 0 Å². The summed E-state index contributed by atoms with van der Waals surface area (Å²) in [4.78, 5) is 19.9. The highest BCUT2D eigenvalue weighted by Crippen LogP contribution is 2.41. The maximum Gasteiger partial charge on any atom is 0.192 e. The molecule has 0 saturated carbocycles. The largest absolute Gasteiger partial charge is 0.441 e. The molecule has 1 N–H and O–H groups in total. The summed E-state index contributed by atoms with van der Waals surface area (Å²) in [5, 5.41) is 4.15. The van der Waals surface area contributed by atoms with Gasteiger partial charge < -0.3 is 19.5 Å². The highest BCUT2D eigenvalue weighted by molar-refractivity contribution is 7.51. The smallest absolute Gasteiger partial charge is 0.192 e. The molecule has 8 heteroatoms. The number of allylic oxidation sites excluding steroid dienone is 2. The van der Waals surface area contributed by atoms with Crippen molar-refractivity contribution in [1.29, 1.82) is 0 Å². The number of rotatable bonds is 5. The molecular formula is C23H30FN4O2P. The lowest BCUT2D eigenvalue weighted by atomic mass is 10.2. The van der Waals surface area contributed by atoms with Crippen molar-refractivity contribution >= 4 is 31.3 Å². The number of hydrogen-bond acceptors (Lipinski definition) is 6. The second kappa shape index (κ2) is 10.7. The molecule has 0 spiro atoms. The molecule has 6 nitrogen and oxygen atoms in total. The molecule has 0 bridgehead atoms. The van der Waals surface area contributed by atoms with Crippen LogP contribution in [0, 0.1) is 12.7 Å². The summed E-state index contributed by atoms with van der Waals surface area (Å²) in [6, 6.07) is 3.19. The molecule has 2 atom stereocenters. The van der Waals surface area contributed by atoms with E-state index in [-0.39, 0.29) is 19.9 Å². The van der Waals surface area contributed by atoms with E-state index < -0.39 is 5.82 Å². The summed E-state index contributed by atoms with van der Waals surface area (Å²) in [7, 11) is 2.31. The van der Waals surface area contributed by atoms with Crippen LogP contribution in [0.4, 0.5) is 4.39 Å². The fourth-order valence-corrected chi connectivity index (χ4v) is 4.89. The molecule has 0 aliphatic carbocycles. The zero-order valence-electron chi connectivity index (χ0n) is 18.5. The van der Waals surface area contributed by atoms with Crippen molar-refractivity contribution in [3.8, 4) is 0 Å². The average molecular weight is 444 g/mol. The summed E-state index contributed by atoms with van der Waals surface area (Å²) in [6.07, 6.45) is 8.71. The van der Waals surface area contributed by atoms with E-state index in [4.69, 9.17) is 4.42 Å². The van der Waals surface area contributed by atoms with Crippen LogP contribution in [0.25, 0.3) is 16.4 Å². The van der Waals surface area contributed by atoms with Gasteiger partial charge in [0.15, 0.2) is 17.3 Å². The van der Waals surface area contributed by atoms with Gasteiger partial charge in [0, 0.05) is 46.4 Å². The fourth-order valence-electron chi connectivity index (χ4n) is 3.63. The predicted molar refractivity (Wildman–Crippen MR) is 126 cm³/mol. The number of aromatic nitrogens is 1. The first kappa shape index (κ1) is 23.2. The molecule has 166 valence electrons. The first-order chi connectivity index (χ1) is 15.0. The van der Waals surface area contributed by atoms with Crippen molar-refractivity contribution < 1.29 is 13.6 Å². The first-order valence-electron chi connectivity index (χ1n) is 10.6. The van der Waals surface area contributed by atoms with Gasteiger partial charge in [-0.1, -0.05) is 28.5 Å². The van der Waals surface area contributed by atoms with Crippen LogP contribution in [0.5, 0.6) is 0 Å². The number of benzene rings is 1. The van der Waals surface area contributed by atoms with Crippen LogP contribution in [0.1, 0.15) is 25.3 Å². The van der Waals surface area contributed by atoms with Crippen LogP contribution >= 0.6 is 8.58 Å². The molecule has 0 radical (unpaired) electrons. The number of carbonyl (C=O) groups excluding carboxylic acids is 1. The molecule has 1 fully saturated rings. The molecule has 2 aliphatic heterocycles. The first-order valence-corrected chi connectivity index (χ1v) is 11.7. The Morgan fingerprint density at radius 3 is 2.74 bits per heavy atom. The number of carbonyl (C=O) groups is 1. The van der Waals surface area contributed by atoms with E-state index in [1.54, 1.807) is 13.0 Å². The number of nitrogens with one attached hydrogen (secondary N) is 1. The minimum absolute atomic E-state index is 0.100. The topological polar surface area (TPSA) is 61.6 Å². The van der Waals surface area contributed by atoms with Gasteiger partial charge in [0.25, 0.3) is 0 Å². The Labute approximate surface area is 184 Å². The monoisotopic (exact) mass is 444 g/mol. The number of halogens is 1. The van der Waals surface area contributed by atoms with E-state index in [1.165, 1.54) is 17.8 Å². The van der Waals surface area contributed by atoms with Gasteiger partial charge >= 0.3 is 0 Å². The van der Waals surface area contributed by atoms with Gasteiger partial charge in [-0.3, -0.25) is 4.79 Å². The maximum absolute atomic E-state index is 14.5. The third kappa shape index (κ3) is 5.41. The van der Waals surface area contributed by atoms with Crippen LogP contribution in [0.3, 0.4) is 0 Å². The lowest BCUT2D eigenvalue weighted by molar-refractivity contribution is -0.104. The Kier molecular flexibility index (Phi) is 7.99. The van der Waals surface area contributed by atoms with E-state index >= 15 is 0 Å². The van der Waals surface area contributed by atoms with Crippen molar-refractivity contribution in [1.82, 2.24) is 20.1 Å². The Morgan fingerprint density at radius 2 is 2.06 bits per heavy atom. The minimum Gasteiger partial charge on any atom is -0.441 e. The zero-order valence-corrected chi connectivity index (χ0v) is 19.5. The second-order valence-corrected chi connectivity index (χ2v) is 8.58. The summed E-state index contributed by atoms with van der Waals surface area (Å²) >= 11 is 0. The minimum atomic E-state index is -0.440. The number of aldehydes is 1. The standard InChI is InChI=1S/C21H24FN4O2P.C2H6/c1-14-24-21-17(22)11-15(12-18(21)28-14)19(5-10-27)29-20-4-3-16(13-25(20)2)26-8-6-23-7-9-26;1-2/h3-5,10-13,20,23,29H,6-9H2,1-2H3;1-2H3/b19-5-;. The molecule has 1 aromatic heterocycles. The van der Waals surface area contributed by atoms with Gasteiger partial charge in [-0.15, -0.1) is 0 Å². The molecule has 2 unspecified atom stereocenters. The Balaban J connectivity index is 0.00000132. The summed E-state index contributed by atoms with van der Waals surface area (Å²) in [5.74, 6) is 0.0763. The van der Waals surface area contributed by atoms with Crippen LogP contribution in [-0.2, 0) is 4.79 Å². The van der Waals surface area contributed by atoms with E-state index in [0.29, 0.717) is 17.0 Å². The fraction of sp³-hybridized carbons (Fsp3) is 0.391. The van der Waals surface area contributed by atoms with Gasteiger partial charge in [-0.25, -0.2) is 9.37 Å². The molecule has 31 heavy (non-hydrogen) atoms. The van der Waals surface area contributed by atoms with Crippen molar-refractivity contribution in [2.24, 2.45) is 0 Å². The Morgan fingerprint density at radius 1 is 1.32 bits per heavy atom. The van der Waals surface area contributed by atoms with Gasteiger partial charge in [0.1, 0.15) is 11.8 Å². The number of fused-ring (bicyclic) bond motifs is 1. The van der Waals surface area contributed by atoms with Crippen LogP contribution in [-0.4, -0.2) is 60.1 Å². The molecule has 0 amide bonds. The van der Waals surface area contributed by atoms with Gasteiger partial charge in [-0.05, 0) is 35.2 Å². The van der Waals surface area contributed by atoms with Crippen LogP contribution in [0.2, 0.25) is 0 Å². The molecule has 2 aromatic rings. The van der Waals surface area contributed by atoms with Crippen LogP contribution < -0.4 is 5.32 Å². The SMILES string of the molecule is CC.Cc1nc2c(F)cc(/C(=C/C=O)PC3C=CC(N4CCNCC4)=CN3C)cc2o1. The number of piperazine rings is 1. The highest BCUT2D eigenvalue weighted by atomic mass is 31.1. The molecule has 1 saturated heterocycles. The molecular weight excluding hydrogens is 414 g/mol. The quantitative estimate of drug-likeness (QED) is 0.426. The van der Waals surface area contributed by atoms with Crippen molar-refractivity contribution in [3.05, 3.63) is 59.5 Å². The normalized spacial score (nSPS) is 19.6. The number of oxazole rings is 1. The third-order valence-electron chi connectivity index (χ3n) is 5.11. The van der Waals surface area contributed by atoms with E-state index in [2.05, 4.69) is 38.5 Å². The number of hydrogen-bond donors (Lipinski definition) is 1. The number of likely N-dealkylation sites (N-methyl/N-ethyl adjacent to an activating group) is 1.